The van der Waals surface area contributed by atoms with Crippen molar-refractivity contribution in [3.05, 3.63) is 35.7 Å². The SMILES string of the molecule is CN1CC[C@](C)(CNC(=O)c2cc(COc3ccc4c(c3)OCO4)[nH]n2)C1. The number of nitrogens with one attached hydrogen (secondary N) is 2. The van der Waals surface area contributed by atoms with Gasteiger partial charge in [-0.05, 0) is 43.6 Å². The summed E-state index contributed by atoms with van der Waals surface area (Å²) in [5.74, 6) is 1.88. The Morgan fingerprint density at radius 2 is 2.22 bits per heavy atom. The summed E-state index contributed by atoms with van der Waals surface area (Å²) in [6, 6.07) is 7.12. The number of nitrogens with zero attached hydrogens (tertiary/aromatic N) is 2. The Hall–Kier alpha value is -2.74. The number of H-pyrrole nitrogens is 1. The number of rotatable bonds is 6. The summed E-state index contributed by atoms with van der Waals surface area (Å²) < 4.78 is 16.3. The molecule has 144 valence electrons. The number of ether oxygens (including phenoxy) is 3. The maximum absolute atomic E-state index is 12.4. The molecule has 2 aliphatic rings. The fourth-order valence-corrected chi connectivity index (χ4v) is 3.48. The second kappa shape index (κ2) is 7.11. The Labute approximate surface area is 157 Å². The van der Waals surface area contributed by atoms with Gasteiger partial charge in [0.25, 0.3) is 5.91 Å². The minimum atomic E-state index is -0.170. The molecule has 8 nitrogen and oxygen atoms in total. The number of fused-ring (bicyclic) bond motifs is 1. The van der Waals surface area contributed by atoms with E-state index in [4.69, 9.17) is 14.2 Å². The van der Waals surface area contributed by atoms with Gasteiger partial charge in [0.05, 0.1) is 5.69 Å². The Balaban J connectivity index is 1.29. The molecule has 3 heterocycles. The second-order valence-corrected chi connectivity index (χ2v) is 7.56. The third-order valence-electron chi connectivity index (χ3n) is 5.03. The lowest BCUT2D eigenvalue weighted by atomic mass is 9.90. The average molecular weight is 372 g/mol. The quantitative estimate of drug-likeness (QED) is 0.804. The van der Waals surface area contributed by atoms with E-state index in [1.54, 1.807) is 12.1 Å². The zero-order chi connectivity index (χ0) is 18.9. The van der Waals surface area contributed by atoms with Gasteiger partial charge in [0.1, 0.15) is 18.1 Å². The van der Waals surface area contributed by atoms with Gasteiger partial charge in [-0.25, -0.2) is 0 Å². The number of carbonyl (C=O) groups is 1. The Morgan fingerprint density at radius 1 is 1.37 bits per heavy atom. The van der Waals surface area contributed by atoms with Crippen LogP contribution in [0, 0.1) is 5.41 Å². The summed E-state index contributed by atoms with van der Waals surface area (Å²) in [6.07, 6.45) is 1.08. The molecule has 1 aromatic carbocycles. The van der Waals surface area contributed by atoms with Crippen molar-refractivity contribution in [3.8, 4) is 17.2 Å². The van der Waals surface area contributed by atoms with Gasteiger partial charge in [0.15, 0.2) is 11.5 Å². The normalized spacial score (nSPS) is 21.4. The number of hydrogen-bond donors (Lipinski definition) is 2. The molecule has 2 aliphatic heterocycles. The monoisotopic (exact) mass is 372 g/mol. The van der Waals surface area contributed by atoms with E-state index >= 15 is 0 Å². The highest BCUT2D eigenvalue weighted by atomic mass is 16.7. The van der Waals surface area contributed by atoms with E-state index in [9.17, 15) is 4.79 Å². The van der Waals surface area contributed by atoms with Gasteiger partial charge in [0.2, 0.25) is 6.79 Å². The molecule has 2 N–H and O–H groups in total. The van der Waals surface area contributed by atoms with Crippen LogP contribution < -0.4 is 19.5 Å². The summed E-state index contributed by atoms with van der Waals surface area (Å²) in [4.78, 5) is 14.6. The van der Waals surface area contributed by atoms with Gasteiger partial charge in [-0.15, -0.1) is 0 Å². The molecule has 0 bridgehead atoms. The van der Waals surface area contributed by atoms with Crippen LogP contribution in [0.1, 0.15) is 29.5 Å². The van der Waals surface area contributed by atoms with Crippen LogP contribution >= 0.6 is 0 Å². The number of amides is 1. The maximum Gasteiger partial charge on any atom is 0.271 e. The highest BCUT2D eigenvalue weighted by molar-refractivity contribution is 5.92. The number of hydrogen-bond acceptors (Lipinski definition) is 6. The van der Waals surface area contributed by atoms with Crippen molar-refractivity contribution < 1.29 is 19.0 Å². The zero-order valence-corrected chi connectivity index (χ0v) is 15.6. The molecule has 2 aromatic rings. The third-order valence-corrected chi connectivity index (χ3v) is 5.03. The van der Waals surface area contributed by atoms with E-state index in [2.05, 4.69) is 34.4 Å². The van der Waals surface area contributed by atoms with Gasteiger partial charge in [-0.1, -0.05) is 6.92 Å². The highest BCUT2D eigenvalue weighted by Crippen LogP contribution is 2.35. The molecular weight excluding hydrogens is 348 g/mol. The molecular formula is C19H24N4O4. The predicted molar refractivity (Wildman–Crippen MR) is 98.0 cm³/mol. The van der Waals surface area contributed by atoms with Crippen LogP contribution in [0.25, 0.3) is 0 Å². The Kier molecular flexibility index (Phi) is 4.65. The fraction of sp³-hybridized carbons (Fsp3) is 0.474. The summed E-state index contributed by atoms with van der Waals surface area (Å²) in [7, 11) is 2.10. The van der Waals surface area contributed by atoms with Gasteiger partial charge in [0, 0.05) is 19.2 Å². The van der Waals surface area contributed by atoms with Gasteiger partial charge < -0.3 is 24.4 Å². The molecule has 1 atom stereocenters. The molecule has 0 spiro atoms. The van der Waals surface area contributed by atoms with Crippen molar-refractivity contribution in [2.75, 3.05) is 33.5 Å². The first kappa shape index (κ1) is 17.7. The topological polar surface area (TPSA) is 88.7 Å². The maximum atomic E-state index is 12.4. The number of carbonyl (C=O) groups excluding carboxylic acids is 1. The van der Waals surface area contributed by atoms with E-state index < -0.39 is 0 Å². The number of aromatic nitrogens is 2. The van der Waals surface area contributed by atoms with E-state index in [1.165, 1.54) is 0 Å². The first-order valence-electron chi connectivity index (χ1n) is 9.04. The van der Waals surface area contributed by atoms with Gasteiger partial charge in [-0.2, -0.15) is 5.10 Å². The molecule has 1 aromatic heterocycles. The Morgan fingerprint density at radius 3 is 3.04 bits per heavy atom. The lowest BCUT2D eigenvalue weighted by molar-refractivity contribution is 0.0929. The first-order chi connectivity index (χ1) is 13.0. The predicted octanol–water partition coefficient (Wildman–Crippen LogP) is 1.79. The minimum Gasteiger partial charge on any atom is -0.487 e. The van der Waals surface area contributed by atoms with E-state index in [0.29, 0.717) is 29.5 Å². The van der Waals surface area contributed by atoms with Gasteiger partial charge >= 0.3 is 0 Å². The summed E-state index contributed by atoms with van der Waals surface area (Å²) in [6.45, 7) is 5.41. The number of benzene rings is 1. The van der Waals surface area contributed by atoms with Crippen molar-refractivity contribution in [2.45, 2.75) is 20.0 Å². The molecule has 0 radical (unpaired) electrons. The van der Waals surface area contributed by atoms with Crippen LogP contribution in [0.3, 0.4) is 0 Å². The van der Waals surface area contributed by atoms with Crippen LogP contribution in [0.15, 0.2) is 24.3 Å². The first-order valence-corrected chi connectivity index (χ1v) is 9.04. The molecule has 0 aliphatic carbocycles. The lowest BCUT2D eigenvalue weighted by Crippen LogP contribution is -2.37. The van der Waals surface area contributed by atoms with Gasteiger partial charge in [-0.3, -0.25) is 9.89 Å². The standard InChI is InChI=1S/C19H24N4O4/c1-19(5-6-23(2)11-19)10-20-18(24)15-7-13(21-22-15)9-25-14-3-4-16-17(8-14)27-12-26-16/h3-4,7-8H,5-6,9-12H2,1-2H3,(H,20,24)(H,21,22)/t19-/m1/s1. The molecule has 1 fully saturated rings. The zero-order valence-electron chi connectivity index (χ0n) is 15.6. The second-order valence-electron chi connectivity index (χ2n) is 7.56. The third kappa shape index (κ3) is 4.00. The lowest BCUT2D eigenvalue weighted by Gasteiger charge is -2.23. The van der Waals surface area contributed by atoms with Crippen LogP contribution in [-0.4, -0.2) is 54.5 Å². The largest absolute Gasteiger partial charge is 0.487 e. The Bertz CT molecular complexity index is 837. The average Bonchev–Trinajstić information content (AvgIpc) is 3.38. The summed E-state index contributed by atoms with van der Waals surface area (Å²) >= 11 is 0. The van der Waals surface area contributed by atoms with Crippen LogP contribution in [-0.2, 0) is 6.61 Å². The molecule has 1 saturated heterocycles. The number of aromatic amines is 1. The summed E-state index contributed by atoms with van der Waals surface area (Å²) in [5, 5.41) is 9.95. The van der Waals surface area contributed by atoms with E-state index in [-0.39, 0.29) is 24.7 Å². The van der Waals surface area contributed by atoms with Crippen LogP contribution in [0.2, 0.25) is 0 Å². The van der Waals surface area contributed by atoms with E-state index in [1.807, 2.05) is 12.1 Å². The molecule has 4 rings (SSSR count). The van der Waals surface area contributed by atoms with E-state index in [0.717, 1.165) is 25.2 Å². The van der Waals surface area contributed by atoms with Crippen LogP contribution in [0.5, 0.6) is 17.2 Å². The highest BCUT2D eigenvalue weighted by Gasteiger charge is 2.32. The molecule has 1 amide bonds. The molecule has 0 unspecified atom stereocenters. The smallest absolute Gasteiger partial charge is 0.271 e. The van der Waals surface area contributed by atoms with Crippen molar-refractivity contribution in [1.82, 2.24) is 20.4 Å². The van der Waals surface area contributed by atoms with Crippen molar-refractivity contribution in [3.63, 3.8) is 0 Å². The van der Waals surface area contributed by atoms with Crippen molar-refractivity contribution in [1.29, 1.82) is 0 Å². The van der Waals surface area contributed by atoms with Crippen molar-refractivity contribution in [2.24, 2.45) is 5.41 Å². The van der Waals surface area contributed by atoms with Crippen LogP contribution in [0.4, 0.5) is 0 Å². The molecule has 0 saturated carbocycles. The summed E-state index contributed by atoms with van der Waals surface area (Å²) in [5.41, 5.74) is 1.21. The fourth-order valence-electron chi connectivity index (χ4n) is 3.48. The van der Waals surface area contributed by atoms with Crippen molar-refractivity contribution >= 4 is 5.91 Å². The number of likely N-dealkylation sites (tertiary alicyclic amines) is 1. The minimum absolute atomic E-state index is 0.117. The molecule has 27 heavy (non-hydrogen) atoms. The molecule has 8 heteroatoms.